The summed E-state index contributed by atoms with van der Waals surface area (Å²) >= 11 is 0. The van der Waals surface area contributed by atoms with Gasteiger partial charge in [0.05, 0.1) is 42.4 Å². The van der Waals surface area contributed by atoms with E-state index in [1.165, 1.54) is 0 Å². The van der Waals surface area contributed by atoms with Crippen molar-refractivity contribution in [2.45, 2.75) is 109 Å². The third-order valence-corrected chi connectivity index (χ3v) is 6.03. The summed E-state index contributed by atoms with van der Waals surface area (Å²) in [5, 5.41) is 18.6. The van der Waals surface area contributed by atoms with E-state index in [9.17, 15) is 14.7 Å². The Morgan fingerprint density at radius 2 is 1.50 bits per heavy atom. The standard InChI is InChI=1S/C21H36O7/c1-5-15(11-17-7-8-18(27-17)13(3)20(23)24)28-21(25)14(4)19-9-6-16(26-19)10-12(2)22/h12-19,22H,5-11H2,1-4H3,(H,23,24)/t12-,13+,14-,15-,16-,17-,18+,19+/m0/s1. The van der Waals surface area contributed by atoms with Gasteiger partial charge in [-0.05, 0) is 59.3 Å². The fraction of sp³-hybridized carbons (Fsp3) is 0.905. The van der Waals surface area contributed by atoms with Gasteiger partial charge in [0.15, 0.2) is 0 Å². The first-order chi connectivity index (χ1) is 13.2. The molecular weight excluding hydrogens is 364 g/mol. The molecule has 0 amide bonds. The molecule has 2 heterocycles. The predicted octanol–water partition coefficient (Wildman–Crippen LogP) is 2.92. The molecule has 162 valence electrons. The Labute approximate surface area is 167 Å². The van der Waals surface area contributed by atoms with E-state index >= 15 is 0 Å². The van der Waals surface area contributed by atoms with Gasteiger partial charge in [0.25, 0.3) is 0 Å². The molecule has 0 saturated carbocycles. The summed E-state index contributed by atoms with van der Waals surface area (Å²) in [6.45, 7) is 7.22. The molecule has 0 aromatic heterocycles. The zero-order valence-corrected chi connectivity index (χ0v) is 17.5. The zero-order chi connectivity index (χ0) is 20.8. The van der Waals surface area contributed by atoms with Gasteiger partial charge in [-0.1, -0.05) is 6.92 Å². The minimum absolute atomic E-state index is 0.00210. The number of ether oxygens (including phenoxy) is 3. The van der Waals surface area contributed by atoms with Crippen LogP contribution in [-0.4, -0.2) is 58.8 Å². The lowest BCUT2D eigenvalue weighted by Gasteiger charge is -2.25. The highest BCUT2D eigenvalue weighted by molar-refractivity contribution is 5.73. The number of esters is 1. The van der Waals surface area contributed by atoms with Gasteiger partial charge in [0, 0.05) is 6.42 Å². The van der Waals surface area contributed by atoms with E-state index in [0.717, 1.165) is 25.7 Å². The van der Waals surface area contributed by atoms with E-state index < -0.39 is 18.0 Å². The number of carboxylic acids is 1. The molecule has 7 heteroatoms. The number of carboxylic acid groups (broad SMARTS) is 1. The molecule has 0 radical (unpaired) electrons. The predicted molar refractivity (Wildman–Crippen MR) is 103 cm³/mol. The maximum absolute atomic E-state index is 12.6. The van der Waals surface area contributed by atoms with E-state index in [4.69, 9.17) is 19.3 Å². The molecule has 0 bridgehead atoms. The fourth-order valence-electron chi connectivity index (χ4n) is 4.10. The highest BCUT2D eigenvalue weighted by Gasteiger charge is 2.37. The number of carbonyl (C=O) groups excluding carboxylic acids is 1. The number of rotatable bonds is 10. The summed E-state index contributed by atoms with van der Waals surface area (Å²) in [6, 6.07) is 0. The van der Waals surface area contributed by atoms with E-state index in [2.05, 4.69) is 0 Å². The highest BCUT2D eigenvalue weighted by atomic mass is 16.6. The van der Waals surface area contributed by atoms with Crippen molar-refractivity contribution in [1.82, 2.24) is 0 Å². The second-order valence-electron chi connectivity index (χ2n) is 8.45. The molecule has 0 spiro atoms. The zero-order valence-electron chi connectivity index (χ0n) is 17.5. The maximum Gasteiger partial charge on any atom is 0.311 e. The lowest BCUT2D eigenvalue weighted by atomic mass is 10.0. The number of aliphatic hydroxyl groups is 1. The van der Waals surface area contributed by atoms with Gasteiger partial charge in [-0.2, -0.15) is 0 Å². The van der Waals surface area contributed by atoms with Gasteiger partial charge in [0.2, 0.25) is 0 Å². The van der Waals surface area contributed by atoms with Crippen LogP contribution in [0.25, 0.3) is 0 Å². The lowest BCUT2D eigenvalue weighted by Crippen LogP contribution is -2.32. The molecule has 2 saturated heterocycles. The van der Waals surface area contributed by atoms with E-state index in [1.807, 2.05) is 13.8 Å². The summed E-state index contributed by atoms with van der Waals surface area (Å²) in [5.74, 6) is -1.98. The van der Waals surface area contributed by atoms with Crippen molar-refractivity contribution >= 4 is 11.9 Å². The number of aliphatic carboxylic acids is 1. The maximum atomic E-state index is 12.6. The first-order valence-corrected chi connectivity index (χ1v) is 10.6. The van der Waals surface area contributed by atoms with Crippen LogP contribution in [0.3, 0.4) is 0 Å². The Morgan fingerprint density at radius 3 is 2.00 bits per heavy atom. The number of hydrogen-bond acceptors (Lipinski definition) is 6. The fourth-order valence-corrected chi connectivity index (χ4v) is 4.10. The average Bonchev–Trinajstić information content (AvgIpc) is 3.28. The van der Waals surface area contributed by atoms with Crippen molar-refractivity contribution in [2.24, 2.45) is 11.8 Å². The van der Waals surface area contributed by atoms with Crippen molar-refractivity contribution in [1.29, 1.82) is 0 Å². The van der Waals surface area contributed by atoms with Crippen LogP contribution in [0.4, 0.5) is 0 Å². The molecule has 0 aromatic carbocycles. The van der Waals surface area contributed by atoms with Gasteiger partial charge < -0.3 is 24.4 Å². The molecular formula is C21H36O7. The third kappa shape index (κ3) is 6.42. The van der Waals surface area contributed by atoms with Crippen LogP contribution in [0.15, 0.2) is 0 Å². The summed E-state index contributed by atoms with van der Waals surface area (Å²) in [6.07, 6.45) is 3.87. The van der Waals surface area contributed by atoms with Gasteiger partial charge >= 0.3 is 11.9 Å². The molecule has 0 aliphatic carbocycles. The molecule has 8 atom stereocenters. The third-order valence-electron chi connectivity index (χ3n) is 6.03. The van der Waals surface area contributed by atoms with Crippen molar-refractivity contribution < 1.29 is 34.0 Å². The van der Waals surface area contributed by atoms with E-state index in [-0.39, 0.29) is 42.4 Å². The highest BCUT2D eigenvalue weighted by Crippen LogP contribution is 2.31. The van der Waals surface area contributed by atoms with Crippen molar-refractivity contribution in [3.05, 3.63) is 0 Å². The van der Waals surface area contributed by atoms with Gasteiger partial charge in [-0.3, -0.25) is 9.59 Å². The Bertz CT molecular complexity index is 521. The largest absolute Gasteiger partial charge is 0.481 e. The monoisotopic (exact) mass is 400 g/mol. The summed E-state index contributed by atoms with van der Waals surface area (Å²) in [7, 11) is 0. The molecule has 2 aliphatic rings. The van der Waals surface area contributed by atoms with E-state index in [0.29, 0.717) is 19.3 Å². The van der Waals surface area contributed by atoms with Crippen LogP contribution in [0.5, 0.6) is 0 Å². The Balaban J connectivity index is 1.79. The van der Waals surface area contributed by atoms with Crippen molar-refractivity contribution in [3.8, 4) is 0 Å². The molecule has 28 heavy (non-hydrogen) atoms. The number of hydrogen-bond donors (Lipinski definition) is 2. The minimum atomic E-state index is -0.844. The average molecular weight is 401 g/mol. The second kappa shape index (κ2) is 10.6. The molecule has 0 aromatic rings. The minimum Gasteiger partial charge on any atom is -0.481 e. The summed E-state index contributed by atoms with van der Waals surface area (Å²) < 4.78 is 17.5. The number of carbonyl (C=O) groups is 2. The Kier molecular flexibility index (Phi) is 8.71. The van der Waals surface area contributed by atoms with Gasteiger partial charge in [-0.15, -0.1) is 0 Å². The summed E-state index contributed by atoms with van der Waals surface area (Å²) in [5.41, 5.74) is 0. The first kappa shape index (κ1) is 23.1. The van der Waals surface area contributed by atoms with E-state index in [1.54, 1.807) is 13.8 Å². The first-order valence-electron chi connectivity index (χ1n) is 10.6. The van der Waals surface area contributed by atoms with Crippen LogP contribution in [-0.2, 0) is 23.8 Å². The molecule has 7 nitrogen and oxygen atoms in total. The number of aliphatic hydroxyl groups excluding tert-OH is 1. The molecule has 2 rings (SSSR count). The molecule has 2 N–H and O–H groups in total. The normalized spacial score (nSPS) is 31.9. The lowest BCUT2D eigenvalue weighted by molar-refractivity contribution is -0.160. The van der Waals surface area contributed by atoms with Crippen molar-refractivity contribution in [3.63, 3.8) is 0 Å². The van der Waals surface area contributed by atoms with Crippen LogP contribution in [0.1, 0.15) is 72.6 Å². The van der Waals surface area contributed by atoms with Crippen LogP contribution >= 0.6 is 0 Å². The molecule has 2 aliphatic heterocycles. The quantitative estimate of drug-likeness (QED) is 0.544. The van der Waals surface area contributed by atoms with Gasteiger partial charge in [-0.25, -0.2) is 0 Å². The second-order valence-corrected chi connectivity index (χ2v) is 8.45. The van der Waals surface area contributed by atoms with Crippen molar-refractivity contribution in [2.75, 3.05) is 0 Å². The SMILES string of the molecule is CC[C@@H](C[C@@H]1CC[C@H]([C@@H](C)C(=O)O)O1)OC(=O)[C@@H](C)[C@H]1CC[C@@H](C[C@H](C)O)O1. The van der Waals surface area contributed by atoms with Gasteiger partial charge in [0.1, 0.15) is 6.10 Å². The Hall–Kier alpha value is -1.18. The smallest absolute Gasteiger partial charge is 0.311 e. The van der Waals surface area contributed by atoms with Crippen LogP contribution in [0.2, 0.25) is 0 Å². The molecule has 0 unspecified atom stereocenters. The Morgan fingerprint density at radius 1 is 0.964 bits per heavy atom. The van der Waals surface area contributed by atoms with Crippen LogP contribution < -0.4 is 0 Å². The topological polar surface area (TPSA) is 102 Å². The van der Waals surface area contributed by atoms with Crippen LogP contribution in [0, 0.1) is 11.8 Å². The molecule has 2 fully saturated rings. The summed E-state index contributed by atoms with van der Waals surface area (Å²) in [4.78, 5) is 23.7.